The van der Waals surface area contributed by atoms with Gasteiger partial charge in [0.25, 0.3) is 0 Å². The minimum absolute atomic E-state index is 0.0452. The molecule has 0 aliphatic carbocycles. The van der Waals surface area contributed by atoms with Gasteiger partial charge in [-0.1, -0.05) is 18.2 Å². The van der Waals surface area contributed by atoms with E-state index < -0.39 is 0 Å². The highest BCUT2D eigenvalue weighted by Crippen LogP contribution is 2.10. The SMILES string of the molecule is Cc1cn(-c2ccccc2)c(CO)cc1=O. The van der Waals surface area contributed by atoms with Gasteiger partial charge < -0.3 is 9.67 Å². The van der Waals surface area contributed by atoms with Crippen LogP contribution >= 0.6 is 0 Å². The van der Waals surface area contributed by atoms with Gasteiger partial charge in [0.1, 0.15) is 0 Å². The average molecular weight is 215 g/mol. The Kier molecular flexibility index (Phi) is 2.88. The lowest BCUT2D eigenvalue weighted by Gasteiger charge is -2.12. The quantitative estimate of drug-likeness (QED) is 0.827. The molecule has 0 radical (unpaired) electrons. The molecule has 3 heteroatoms. The van der Waals surface area contributed by atoms with Crippen molar-refractivity contribution in [1.29, 1.82) is 0 Å². The van der Waals surface area contributed by atoms with Gasteiger partial charge in [-0.2, -0.15) is 0 Å². The fraction of sp³-hybridized carbons (Fsp3) is 0.154. The van der Waals surface area contributed by atoms with E-state index in [4.69, 9.17) is 0 Å². The maximum atomic E-state index is 11.5. The number of aromatic nitrogens is 1. The van der Waals surface area contributed by atoms with E-state index in [-0.39, 0.29) is 12.0 Å². The molecule has 3 nitrogen and oxygen atoms in total. The molecule has 0 aliphatic rings. The summed E-state index contributed by atoms with van der Waals surface area (Å²) in [5, 5.41) is 9.24. The molecule has 0 amide bonds. The zero-order chi connectivity index (χ0) is 11.5. The van der Waals surface area contributed by atoms with Gasteiger partial charge in [0.2, 0.25) is 0 Å². The summed E-state index contributed by atoms with van der Waals surface area (Å²) in [7, 11) is 0. The van der Waals surface area contributed by atoms with Crippen molar-refractivity contribution < 1.29 is 5.11 Å². The first-order valence-electron chi connectivity index (χ1n) is 5.11. The first-order chi connectivity index (χ1) is 7.72. The maximum Gasteiger partial charge on any atom is 0.184 e. The Bertz CT molecular complexity index is 544. The van der Waals surface area contributed by atoms with Gasteiger partial charge in [0.15, 0.2) is 5.43 Å². The molecule has 1 aromatic carbocycles. The summed E-state index contributed by atoms with van der Waals surface area (Å²) < 4.78 is 1.83. The minimum Gasteiger partial charge on any atom is -0.390 e. The number of aliphatic hydroxyl groups is 1. The van der Waals surface area contributed by atoms with E-state index >= 15 is 0 Å². The molecule has 1 heterocycles. The Morgan fingerprint density at radius 2 is 1.94 bits per heavy atom. The number of rotatable bonds is 2. The second kappa shape index (κ2) is 4.33. The highest BCUT2D eigenvalue weighted by molar-refractivity contribution is 5.35. The molecule has 0 unspecified atom stereocenters. The standard InChI is InChI=1S/C13H13NO2/c1-10-8-14(11-5-3-2-4-6-11)12(9-15)7-13(10)16/h2-8,15H,9H2,1H3. The van der Waals surface area contributed by atoms with Crippen LogP contribution in [0, 0.1) is 6.92 Å². The summed E-state index contributed by atoms with van der Waals surface area (Å²) in [5.41, 5.74) is 2.16. The molecule has 82 valence electrons. The lowest BCUT2D eigenvalue weighted by molar-refractivity contribution is 0.273. The first-order valence-corrected chi connectivity index (χ1v) is 5.11. The third kappa shape index (κ3) is 1.90. The monoisotopic (exact) mass is 215 g/mol. The van der Waals surface area contributed by atoms with E-state index in [9.17, 15) is 9.90 Å². The van der Waals surface area contributed by atoms with Gasteiger partial charge in [-0.3, -0.25) is 4.79 Å². The Balaban J connectivity index is 2.65. The average Bonchev–Trinajstić information content (AvgIpc) is 2.33. The maximum absolute atomic E-state index is 11.5. The topological polar surface area (TPSA) is 42.2 Å². The molecule has 1 N–H and O–H groups in total. The Hall–Kier alpha value is -1.87. The molecule has 1 aromatic heterocycles. The zero-order valence-corrected chi connectivity index (χ0v) is 9.05. The zero-order valence-electron chi connectivity index (χ0n) is 9.05. The lowest BCUT2D eigenvalue weighted by Crippen LogP contribution is -2.13. The van der Waals surface area contributed by atoms with Crippen LogP contribution in [0.4, 0.5) is 0 Å². The number of hydrogen-bond acceptors (Lipinski definition) is 2. The van der Waals surface area contributed by atoms with Crippen LogP contribution in [0.5, 0.6) is 0 Å². The lowest BCUT2D eigenvalue weighted by atomic mass is 10.2. The largest absolute Gasteiger partial charge is 0.390 e. The van der Waals surface area contributed by atoms with E-state index in [1.54, 1.807) is 13.1 Å². The Labute approximate surface area is 93.6 Å². The van der Waals surface area contributed by atoms with Gasteiger partial charge in [-0.25, -0.2) is 0 Å². The van der Waals surface area contributed by atoms with Crippen molar-refractivity contribution in [3.05, 3.63) is 64.1 Å². The molecule has 0 saturated carbocycles. The van der Waals surface area contributed by atoms with E-state index in [2.05, 4.69) is 0 Å². The number of benzene rings is 1. The summed E-state index contributed by atoms with van der Waals surface area (Å²) in [6.07, 6.45) is 1.75. The molecular weight excluding hydrogens is 202 g/mol. The Morgan fingerprint density at radius 3 is 2.56 bits per heavy atom. The number of aryl methyl sites for hydroxylation is 1. The second-order valence-corrected chi connectivity index (χ2v) is 3.68. The minimum atomic E-state index is -0.148. The number of pyridine rings is 1. The highest BCUT2D eigenvalue weighted by Gasteiger charge is 2.04. The van der Waals surface area contributed by atoms with Crippen molar-refractivity contribution in [2.45, 2.75) is 13.5 Å². The van der Waals surface area contributed by atoms with Gasteiger partial charge >= 0.3 is 0 Å². The van der Waals surface area contributed by atoms with Crippen LogP contribution in [0.2, 0.25) is 0 Å². The highest BCUT2D eigenvalue weighted by atomic mass is 16.3. The van der Waals surface area contributed by atoms with Crippen LogP contribution in [-0.2, 0) is 6.61 Å². The van der Waals surface area contributed by atoms with E-state index in [1.165, 1.54) is 6.07 Å². The molecule has 0 bridgehead atoms. The van der Waals surface area contributed by atoms with Crippen molar-refractivity contribution in [1.82, 2.24) is 4.57 Å². The van der Waals surface area contributed by atoms with Crippen LogP contribution < -0.4 is 5.43 Å². The second-order valence-electron chi connectivity index (χ2n) is 3.68. The Morgan fingerprint density at radius 1 is 1.25 bits per heavy atom. The van der Waals surface area contributed by atoms with Crippen molar-refractivity contribution in [2.24, 2.45) is 0 Å². The van der Waals surface area contributed by atoms with E-state index in [1.807, 2.05) is 34.9 Å². The van der Waals surface area contributed by atoms with Gasteiger partial charge in [-0.15, -0.1) is 0 Å². The van der Waals surface area contributed by atoms with Crippen LogP contribution in [0.1, 0.15) is 11.3 Å². The molecule has 2 aromatic rings. The first kappa shape index (κ1) is 10.6. The predicted octanol–water partition coefficient (Wildman–Crippen LogP) is 1.64. The van der Waals surface area contributed by atoms with E-state index in [0.717, 1.165) is 5.69 Å². The summed E-state index contributed by atoms with van der Waals surface area (Å²) in [6, 6.07) is 11.1. The third-order valence-electron chi connectivity index (χ3n) is 2.51. The van der Waals surface area contributed by atoms with Gasteiger partial charge in [-0.05, 0) is 19.1 Å². The third-order valence-corrected chi connectivity index (χ3v) is 2.51. The van der Waals surface area contributed by atoms with Gasteiger partial charge in [0.05, 0.1) is 12.3 Å². The summed E-state index contributed by atoms with van der Waals surface area (Å²) in [5.74, 6) is 0. The van der Waals surface area contributed by atoms with Crippen LogP contribution in [0.25, 0.3) is 5.69 Å². The van der Waals surface area contributed by atoms with Crippen LogP contribution in [0.15, 0.2) is 47.4 Å². The van der Waals surface area contributed by atoms with E-state index in [0.29, 0.717) is 11.3 Å². The van der Waals surface area contributed by atoms with Gasteiger partial charge in [0, 0.05) is 23.5 Å². The smallest absolute Gasteiger partial charge is 0.184 e. The number of nitrogens with zero attached hydrogens (tertiary/aromatic N) is 1. The number of aliphatic hydroxyl groups excluding tert-OH is 1. The molecule has 0 spiro atoms. The van der Waals surface area contributed by atoms with Crippen molar-refractivity contribution in [2.75, 3.05) is 0 Å². The summed E-state index contributed by atoms with van der Waals surface area (Å²) >= 11 is 0. The molecule has 0 aliphatic heterocycles. The molecule has 0 saturated heterocycles. The van der Waals surface area contributed by atoms with Crippen molar-refractivity contribution in [3.63, 3.8) is 0 Å². The molecule has 0 atom stereocenters. The van der Waals surface area contributed by atoms with Crippen molar-refractivity contribution >= 4 is 0 Å². The predicted molar refractivity (Wildman–Crippen MR) is 62.7 cm³/mol. The summed E-state index contributed by atoms with van der Waals surface area (Å²) in [6.45, 7) is 1.62. The van der Waals surface area contributed by atoms with Crippen molar-refractivity contribution in [3.8, 4) is 5.69 Å². The molecular formula is C13H13NO2. The fourth-order valence-corrected chi connectivity index (χ4v) is 1.63. The number of hydrogen-bond donors (Lipinski definition) is 1. The molecule has 16 heavy (non-hydrogen) atoms. The fourth-order valence-electron chi connectivity index (χ4n) is 1.63. The number of para-hydroxylation sites is 1. The van der Waals surface area contributed by atoms with Crippen LogP contribution in [0.3, 0.4) is 0 Å². The summed E-state index contributed by atoms with van der Waals surface area (Å²) in [4.78, 5) is 11.5. The normalized spacial score (nSPS) is 10.4. The molecule has 2 rings (SSSR count). The van der Waals surface area contributed by atoms with Crippen LogP contribution in [-0.4, -0.2) is 9.67 Å². The molecule has 0 fully saturated rings.